The summed E-state index contributed by atoms with van der Waals surface area (Å²) in [5.41, 5.74) is 1.02. The molecule has 1 aromatic heterocycles. The van der Waals surface area contributed by atoms with Gasteiger partial charge in [-0.25, -0.2) is 9.97 Å². The molecule has 2 aliphatic rings. The van der Waals surface area contributed by atoms with Gasteiger partial charge >= 0.3 is 0 Å². The molecule has 0 saturated carbocycles. The lowest BCUT2D eigenvalue weighted by atomic mass is 9.93. The first kappa shape index (κ1) is 17.6. The van der Waals surface area contributed by atoms with Crippen molar-refractivity contribution in [1.82, 2.24) is 14.9 Å². The van der Waals surface area contributed by atoms with Gasteiger partial charge in [0.2, 0.25) is 0 Å². The standard InChI is InChI=1S/C18H30N4O2/c1-15-13-18(20-17(19-15)14-23-2)22-7-4-16(5-8-22)3-6-21-9-11-24-12-10-21/h13,16H,3-12,14H2,1-2H3. The number of nitrogens with zero attached hydrogens (tertiary/aromatic N) is 4. The van der Waals surface area contributed by atoms with Gasteiger partial charge in [-0.2, -0.15) is 0 Å². The lowest BCUT2D eigenvalue weighted by Crippen LogP contribution is -2.39. The first-order valence-electron chi connectivity index (χ1n) is 9.13. The van der Waals surface area contributed by atoms with Gasteiger partial charge in [-0.05, 0) is 38.6 Å². The third-order valence-corrected chi connectivity index (χ3v) is 5.06. The van der Waals surface area contributed by atoms with Crippen molar-refractivity contribution in [3.63, 3.8) is 0 Å². The molecule has 1 aromatic rings. The molecule has 134 valence electrons. The van der Waals surface area contributed by atoms with Gasteiger partial charge < -0.3 is 14.4 Å². The average molecular weight is 334 g/mol. The van der Waals surface area contributed by atoms with E-state index in [1.165, 1.54) is 25.8 Å². The fourth-order valence-electron chi connectivity index (χ4n) is 3.61. The molecule has 0 N–H and O–H groups in total. The predicted molar refractivity (Wildman–Crippen MR) is 94.3 cm³/mol. The van der Waals surface area contributed by atoms with Crippen LogP contribution in [0.25, 0.3) is 0 Å². The van der Waals surface area contributed by atoms with Gasteiger partial charge in [-0.15, -0.1) is 0 Å². The molecule has 0 radical (unpaired) electrons. The Morgan fingerprint density at radius 3 is 2.62 bits per heavy atom. The molecule has 0 atom stereocenters. The number of hydrogen-bond acceptors (Lipinski definition) is 6. The molecule has 0 aliphatic carbocycles. The second kappa shape index (κ2) is 8.74. The van der Waals surface area contributed by atoms with Crippen LogP contribution < -0.4 is 4.90 Å². The van der Waals surface area contributed by atoms with Crippen molar-refractivity contribution >= 4 is 5.82 Å². The zero-order valence-corrected chi connectivity index (χ0v) is 15.0. The minimum absolute atomic E-state index is 0.477. The Morgan fingerprint density at radius 1 is 1.17 bits per heavy atom. The molecule has 3 heterocycles. The number of hydrogen-bond donors (Lipinski definition) is 0. The normalized spacial score (nSPS) is 20.5. The molecule has 3 rings (SSSR count). The lowest BCUT2D eigenvalue weighted by molar-refractivity contribution is 0.0349. The predicted octanol–water partition coefficient (Wildman–Crippen LogP) is 1.87. The summed E-state index contributed by atoms with van der Waals surface area (Å²) in [7, 11) is 1.69. The van der Waals surface area contributed by atoms with E-state index in [2.05, 4.69) is 25.8 Å². The van der Waals surface area contributed by atoms with E-state index in [1.54, 1.807) is 7.11 Å². The number of rotatable bonds is 6. The Bertz CT molecular complexity index is 512. The Hall–Kier alpha value is -1.24. The molecule has 24 heavy (non-hydrogen) atoms. The Kier molecular flexibility index (Phi) is 6.40. The van der Waals surface area contributed by atoms with E-state index < -0.39 is 0 Å². The van der Waals surface area contributed by atoms with Crippen LogP contribution in [0, 0.1) is 12.8 Å². The SMILES string of the molecule is COCc1nc(C)cc(N2CCC(CCN3CCOCC3)CC2)n1. The molecule has 0 spiro atoms. The van der Waals surface area contributed by atoms with Gasteiger partial charge in [-0.1, -0.05) is 0 Å². The van der Waals surface area contributed by atoms with E-state index in [0.717, 1.165) is 62.6 Å². The summed E-state index contributed by atoms with van der Waals surface area (Å²) >= 11 is 0. The van der Waals surface area contributed by atoms with Crippen LogP contribution in [-0.2, 0) is 16.1 Å². The smallest absolute Gasteiger partial charge is 0.156 e. The van der Waals surface area contributed by atoms with Crippen molar-refractivity contribution in [2.45, 2.75) is 32.8 Å². The molecule has 0 aromatic carbocycles. The molecule has 6 nitrogen and oxygen atoms in total. The Morgan fingerprint density at radius 2 is 1.92 bits per heavy atom. The van der Waals surface area contributed by atoms with Crippen LogP contribution in [0.15, 0.2) is 6.07 Å². The van der Waals surface area contributed by atoms with Gasteiger partial charge in [0.05, 0.1) is 13.2 Å². The summed E-state index contributed by atoms with van der Waals surface area (Å²) in [5, 5.41) is 0. The van der Waals surface area contributed by atoms with Crippen LogP contribution in [0.2, 0.25) is 0 Å². The highest BCUT2D eigenvalue weighted by Crippen LogP contribution is 2.25. The number of ether oxygens (including phenoxy) is 2. The fraction of sp³-hybridized carbons (Fsp3) is 0.778. The van der Waals surface area contributed by atoms with E-state index >= 15 is 0 Å². The van der Waals surface area contributed by atoms with Crippen molar-refractivity contribution in [1.29, 1.82) is 0 Å². The minimum atomic E-state index is 0.477. The van der Waals surface area contributed by atoms with E-state index in [0.29, 0.717) is 6.61 Å². The topological polar surface area (TPSA) is 50.7 Å². The van der Waals surface area contributed by atoms with Crippen molar-refractivity contribution in [2.24, 2.45) is 5.92 Å². The molecular formula is C18H30N4O2. The fourth-order valence-corrected chi connectivity index (χ4v) is 3.61. The quantitative estimate of drug-likeness (QED) is 0.792. The lowest BCUT2D eigenvalue weighted by Gasteiger charge is -2.34. The first-order chi connectivity index (χ1) is 11.7. The van der Waals surface area contributed by atoms with Crippen LogP contribution in [-0.4, -0.2) is 67.9 Å². The zero-order chi connectivity index (χ0) is 16.8. The largest absolute Gasteiger partial charge is 0.379 e. The van der Waals surface area contributed by atoms with Gasteiger partial charge in [0.15, 0.2) is 5.82 Å². The molecule has 2 fully saturated rings. The number of piperidine rings is 1. The van der Waals surface area contributed by atoms with Crippen molar-refractivity contribution < 1.29 is 9.47 Å². The van der Waals surface area contributed by atoms with Crippen LogP contribution in [0.4, 0.5) is 5.82 Å². The minimum Gasteiger partial charge on any atom is -0.379 e. The highest BCUT2D eigenvalue weighted by Gasteiger charge is 2.22. The number of methoxy groups -OCH3 is 1. The summed E-state index contributed by atoms with van der Waals surface area (Å²) in [6.45, 7) is 9.91. The van der Waals surface area contributed by atoms with Crippen LogP contribution in [0.1, 0.15) is 30.8 Å². The maximum atomic E-state index is 5.42. The first-order valence-corrected chi connectivity index (χ1v) is 9.13. The van der Waals surface area contributed by atoms with Crippen molar-refractivity contribution in [3.8, 4) is 0 Å². The van der Waals surface area contributed by atoms with E-state index in [4.69, 9.17) is 9.47 Å². The summed E-state index contributed by atoms with van der Waals surface area (Å²) in [4.78, 5) is 14.0. The monoisotopic (exact) mass is 334 g/mol. The molecule has 0 unspecified atom stereocenters. The highest BCUT2D eigenvalue weighted by atomic mass is 16.5. The van der Waals surface area contributed by atoms with E-state index in [1.807, 2.05) is 6.92 Å². The molecule has 2 aliphatic heterocycles. The molecule has 6 heteroatoms. The molecule has 0 bridgehead atoms. The van der Waals surface area contributed by atoms with E-state index in [9.17, 15) is 0 Å². The van der Waals surface area contributed by atoms with Crippen LogP contribution in [0.5, 0.6) is 0 Å². The summed E-state index contributed by atoms with van der Waals surface area (Å²) < 4.78 is 10.6. The van der Waals surface area contributed by atoms with Crippen molar-refractivity contribution in [3.05, 3.63) is 17.6 Å². The van der Waals surface area contributed by atoms with E-state index in [-0.39, 0.29) is 0 Å². The zero-order valence-electron chi connectivity index (χ0n) is 15.0. The van der Waals surface area contributed by atoms with Crippen LogP contribution in [0.3, 0.4) is 0 Å². The molecule has 2 saturated heterocycles. The van der Waals surface area contributed by atoms with Gasteiger partial charge in [0.1, 0.15) is 12.4 Å². The third-order valence-electron chi connectivity index (χ3n) is 5.06. The summed E-state index contributed by atoms with van der Waals surface area (Å²) in [6, 6.07) is 2.09. The molecule has 0 amide bonds. The number of morpholine rings is 1. The third kappa shape index (κ3) is 4.88. The molecular weight excluding hydrogens is 304 g/mol. The van der Waals surface area contributed by atoms with Gasteiger partial charge in [0, 0.05) is 45.0 Å². The number of aromatic nitrogens is 2. The van der Waals surface area contributed by atoms with Gasteiger partial charge in [0.25, 0.3) is 0 Å². The summed E-state index contributed by atoms with van der Waals surface area (Å²) in [6.07, 6.45) is 3.82. The van der Waals surface area contributed by atoms with Gasteiger partial charge in [-0.3, -0.25) is 4.90 Å². The maximum absolute atomic E-state index is 5.42. The van der Waals surface area contributed by atoms with Crippen molar-refractivity contribution in [2.75, 3.05) is 57.9 Å². The highest BCUT2D eigenvalue weighted by molar-refractivity contribution is 5.40. The number of aryl methyl sites for hydroxylation is 1. The number of anilines is 1. The Labute approximate surface area is 145 Å². The Balaban J connectivity index is 1.47. The van der Waals surface area contributed by atoms with Crippen LogP contribution >= 0.6 is 0 Å². The average Bonchev–Trinajstić information content (AvgIpc) is 2.61. The second-order valence-electron chi connectivity index (χ2n) is 6.89. The summed E-state index contributed by atoms with van der Waals surface area (Å²) in [5.74, 6) is 2.67. The maximum Gasteiger partial charge on any atom is 0.156 e. The second-order valence-corrected chi connectivity index (χ2v) is 6.89.